The molecule has 1 heterocycles. The Morgan fingerprint density at radius 1 is 1.12 bits per heavy atom. The highest BCUT2D eigenvalue weighted by molar-refractivity contribution is 7.07. The van der Waals surface area contributed by atoms with E-state index < -0.39 is 0 Å². The van der Waals surface area contributed by atoms with Crippen LogP contribution < -0.4 is 5.73 Å². The molecule has 0 aliphatic heterocycles. The molecular formula is C14H17NS. The van der Waals surface area contributed by atoms with Crippen LogP contribution in [0.1, 0.15) is 30.0 Å². The van der Waals surface area contributed by atoms with E-state index in [1.807, 2.05) is 0 Å². The molecule has 0 aliphatic carbocycles. The number of hydrogen-bond acceptors (Lipinski definition) is 2. The first-order chi connectivity index (χ1) is 7.86. The summed E-state index contributed by atoms with van der Waals surface area (Å²) in [5.41, 5.74) is 8.79. The van der Waals surface area contributed by atoms with Crippen molar-refractivity contribution in [1.82, 2.24) is 0 Å². The third-order valence-corrected chi connectivity index (χ3v) is 3.50. The van der Waals surface area contributed by atoms with Gasteiger partial charge < -0.3 is 5.73 Å². The quantitative estimate of drug-likeness (QED) is 0.833. The van der Waals surface area contributed by atoms with E-state index in [9.17, 15) is 0 Å². The highest BCUT2D eigenvalue weighted by Crippen LogP contribution is 2.19. The van der Waals surface area contributed by atoms with Crippen LogP contribution in [0, 0.1) is 0 Å². The predicted molar refractivity (Wildman–Crippen MR) is 70.6 cm³/mol. The van der Waals surface area contributed by atoms with Gasteiger partial charge in [0.25, 0.3) is 0 Å². The zero-order chi connectivity index (χ0) is 11.2. The van der Waals surface area contributed by atoms with Crippen LogP contribution in [0.3, 0.4) is 0 Å². The van der Waals surface area contributed by atoms with E-state index in [1.54, 1.807) is 11.3 Å². The third kappa shape index (κ3) is 3.19. The Balaban J connectivity index is 1.76. The van der Waals surface area contributed by atoms with Gasteiger partial charge in [-0.15, -0.1) is 0 Å². The molecule has 2 N–H and O–H groups in total. The van der Waals surface area contributed by atoms with Crippen LogP contribution in [-0.4, -0.2) is 0 Å². The van der Waals surface area contributed by atoms with Gasteiger partial charge in [0.15, 0.2) is 0 Å². The Hall–Kier alpha value is -1.12. The van der Waals surface area contributed by atoms with E-state index in [0.29, 0.717) is 0 Å². The number of rotatable bonds is 5. The van der Waals surface area contributed by atoms with Crippen LogP contribution >= 0.6 is 11.3 Å². The van der Waals surface area contributed by atoms with Gasteiger partial charge in [0, 0.05) is 6.04 Å². The molecular weight excluding hydrogens is 214 g/mol. The summed E-state index contributed by atoms with van der Waals surface area (Å²) in [6.07, 6.45) is 3.34. The van der Waals surface area contributed by atoms with E-state index in [1.165, 1.54) is 11.1 Å². The summed E-state index contributed by atoms with van der Waals surface area (Å²) in [6, 6.07) is 12.9. The number of aryl methyl sites for hydroxylation is 1. The van der Waals surface area contributed by atoms with Gasteiger partial charge in [0.1, 0.15) is 0 Å². The maximum atomic E-state index is 6.11. The molecule has 16 heavy (non-hydrogen) atoms. The van der Waals surface area contributed by atoms with Crippen LogP contribution in [0.4, 0.5) is 0 Å². The van der Waals surface area contributed by atoms with Crippen molar-refractivity contribution < 1.29 is 0 Å². The molecule has 0 saturated carbocycles. The van der Waals surface area contributed by atoms with Crippen molar-refractivity contribution in [3.05, 3.63) is 58.3 Å². The summed E-state index contributed by atoms with van der Waals surface area (Å²) < 4.78 is 0. The molecule has 1 atom stereocenters. The molecule has 84 valence electrons. The largest absolute Gasteiger partial charge is 0.324 e. The van der Waals surface area contributed by atoms with Gasteiger partial charge in [-0.05, 0) is 47.2 Å². The smallest absolute Gasteiger partial charge is 0.0303 e. The molecule has 0 aliphatic rings. The second kappa shape index (κ2) is 5.83. The summed E-state index contributed by atoms with van der Waals surface area (Å²) in [5, 5.41) is 4.24. The summed E-state index contributed by atoms with van der Waals surface area (Å²) in [6.45, 7) is 0. The van der Waals surface area contributed by atoms with Gasteiger partial charge in [0.05, 0.1) is 0 Å². The molecule has 0 spiro atoms. The average molecular weight is 231 g/mol. The lowest BCUT2D eigenvalue weighted by molar-refractivity contribution is 0.613. The molecule has 0 saturated heterocycles. The van der Waals surface area contributed by atoms with Crippen molar-refractivity contribution in [2.45, 2.75) is 25.3 Å². The first-order valence-electron chi connectivity index (χ1n) is 5.68. The lowest BCUT2D eigenvalue weighted by atomic mass is 10.0. The zero-order valence-electron chi connectivity index (χ0n) is 9.30. The first-order valence-corrected chi connectivity index (χ1v) is 6.62. The van der Waals surface area contributed by atoms with Crippen LogP contribution in [-0.2, 0) is 6.42 Å². The molecule has 0 amide bonds. The van der Waals surface area contributed by atoms with Crippen molar-refractivity contribution in [1.29, 1.82) is 0 Å². The maximum Gasteiger partial charge on any atom is 0.0303 e. The Morgan fingerprint density at radius 2 is 1.94 bits per heavy atom. The molecule has 1 unspecified atom stereocenters. The van der Waals surface area contributed by atoms with Gasteiger partial charge in [0.2, 0.25) is 0 Å². The van der Waals surface area contributed by atoms with E-state index in [4.69, 9.17) is 5.73 Å². The van der Waals surface area contributed by atoms with E-state index >= 15 is 0 Å². The number of benzene rings is 1. The normalized spacial score (nSPS) is 12.6. The highest BCUT2D eigenvalue weighted by atomic mass is 32.1. The summed E-state index contributed by atoms with van der Waals surface area (Å²) >= 11 is 1.72. The van der Waals surface area contributed by atoms with Gasteiger partial charge >= 0.3 is 0 Å². The monoisotopic (exact) mass is 231 g/mol. The van der Waals surface area contributed by atoms with Crippen LogP contribution in [0.25, 0.3) is 0 Å². The van der Waals surface area contributed by atoms with Crippen LogP contribution in [0.15, 0.2) is 47.2 Å². The lowest BCUT2D eigenvalue weighted by Crippen LogP contribution is -2.09. The molecule has 0 radical (unpaired) electrons. The first kappa shape index (κ1) is 11.4. The van der Waals surface area contributed by atoms with Gasteiger partial charge in [-0.3, -0.25) is 0 Å². The standard InChI is InChI=1S/C14H17NS/c15-14(13-9-10-16-11-13)8-4-7-12-5-2-1-3-6-12/h1-3,5-6,9-11,14H,4,7-8,15H2. The SMILES string of the molecule is NC(CCCc1ccccc1)c1ccsc1. The topological polar surface area (TPSA) is 26.0 Å². The van der Waals surface area contributed by atoms with Crippen molar-refractivity contribution in [3.8, 4) is 0 Å². The number of hydrogen-bond donors (Lipinski definition) is 1. The Labute approximate surface area is 101 Å². The molecule has 0 bridgehead atoms. The fourth-order valence-corrected chi connectivity index (χ4v) is 2.55. The lowest BCUT2D eigenvalue weighted by Gasteiger charge is -2.09. The minimum Gasteiger partial charge on any atom is -0.324 e. The molecule has 1 aromatic heterocycles. The van der Waals surface area contributed by atoms with Crippen LogP contribution in [0.5, 0.6) is 0 Å². The Bertz CT molecular complexity index is 394. The summed E-state index contributed by atoms with van der Waals surface area (Å²) in [5.74, 6) is 0. The molecule has 2 heteroatoms. The van der Waals surface area contributed by atoms with Crippen molar-refractivity contribution >= 4 is 11.3 Å². The fraction of sp³-hybridized carbons (Fsp3) is 0.286. The molecule has 1 nitrogen and oxygen atoms in total. The minimum atomic E-state index is 0.204. The molecule has 0 fully saturated rings. The van der Waals surface area contributed by atoms with E-state index in [0.717, 1.165) is 19.3 Å². The van der Waals surface area contributed by atoms with Crippen LogP contribution in [0.2, 0.25) is 0 Å². The third-order valence-electron chi connectivity index (χ3n) is 2.79. The van der Waals surface area contributed by atoms with Gasteiger partial charge in [-0.2, -0.15) is 11.3 Å². The van der Waals surface area contributed by atoms with E-state index in [2.05, 4.69) is 47.2 Å². The summed E-state index contributed by atoms with van der Waals surface area (Å²) in [7, 11) is 0. The second-order valence-electron chi connectivity index (χ2n) is 4.04. The average Bonchev–Trinajstić information content (AvgIpc) is 2.84. The number of nitrogens with two attached hydrogens (primary N) is 1. The minimum absolute atomic E-state index is 0.204. The highest BCUT2D eigenvalue weighted by Gasteiger charge is 2.05. The van der Waals surface area contributed by atoms with Crippen molar-refractivity contribution in [3.63, 3.8) is 0 Å². The Morgan fingerprint density at radius 3 is 2.62 bits per heavy atom. The predicted octanol–water partition coefficient (Wildman–Crippen LogP) is 3.77. The summed E-state index contributed by atoms with van der Waals surface area (Å²) in [4.78, 5) is 0. The second-order valence-corrected chi connectivity index (χ2v) is 4.82. The van der Waals surface area contributed by atoms with Crippen molar-refractivity contribution in [2.75, 3.05) is 0 Å². The molecule has 2 aromatic rings. The van der Waals surface area contributed by atoms with Crippen molar-refractivity contribution in [2.24, 2.45) is 5.73 Å². The Kier molecular flexibility index (Phi) is 4.14. The van der Waals surface area contributed by atoms with E-state index in [-0.39, 0.29) is 6.04 Å². The maximum absolute atomic E-state index is 6.11. The van der Waals surface area contributed by atoms with Gasteiger partial charge in [-0.1, -0.05) is 30.3 Å². The van der Waals surface area contributed by atoms with Gasteiger partial charge in [-0.25, -0.2) is 0 Å². The molecule has 1 aromatic carbocycles. The fourth-order valence-electron chi connectivity index (χ4n) is 1.82. The molecule has 2 rings (SSSR count). The zero-order valence-corrected chi connectivity index (χ0v) is 10.1. The number of thiophene rings is 1.